The SMILES string of the molecule is Cc1cccc(C)c1N(Cc1ccc(C(=O)NCCSC2CCCCC2)cc1)S(C)(=O)=O. The third-order valence-electron chi connectivity index (χ3n) is 5.92. The second-order valence-corrected chi connectivity index (χ2v) is 11.9. The summed E-state index contributed by atoms with van der Waals surface area (Å²) in [7, 11) is -3.46. The summed E-state index contributed by atoms with van der Waals surface area (Å²) in [6.45, 7) is 4.72. The van der Waals surface area contributed by atoms with Crippen LogP contribution < -0.4 is 9.62 Å². The highest BCUT2D eigenvalue weighted by Crippen LogP contribution is 2.29. The van der Waals surface area contributed by atoms with Crippen molar-refractivity contribution in [2.75, 3.05) is 22.9 Å². The molecule has 3 rings (SSSR count). The molecule has 2 aromatic rings. The molecule has 0 unspecified atom stereocenters. The Hall–Kier alpha value is -1.99. The van der Waals surface area contributed by atoms with Gasteiger partial charge in [0.05, 0.1) is 18.5 Å². The average Bonchev–Trinajstić information content (AvgIpc) is 2.76. The number of sulfonamides is 1. The van der Waals surface area contributed by atoms with Crippen LogP contribution in [0, 0.1) is 13.8 Å². The molecule has 0 spiro atoms. The number of amides is 1. The van der Waals surface area contributed by atoms with Crippen LogP contribution in [0.5, 0.6) is 0 Å². The molecule has 0 heterocycles. The van der Waals surface area contributed by atoms with Gasteiger partial charge in [-0.2, -0.15) is 11.8 Å². The Morgan fingerprint density at radius 3 is 2.25 bits per heavy atom. The molecule has 0 atom stereocenters. The van der Waals surface area contributed by atoms with Gasteiger partial charge in [0, 0.05) is 23.1 Å². The van der Waals surface area contributed by atoms with E-state index in [-0.39, 0.29) is 12.5 Å². The monoisotopic (exact) mass is 474 g/mol. The molecule has 32 heavy (non-hydrogen) atoms. The van der Waals surface area contributed by atoms with Crippen molar-refractivity contribution in [1.82, 2.24) is 5.32 Å². The highest BCUT2D eigenvalue weighted by molar-refractivity contribution is 7.99. The first-order valence-corrected chi connectivity index (χ1v) is 14.2. The number of nitrogens with one attached hydrogen (secondary N) is 1. The fourth-order valence-electron chi connectivity index (χ4n) is 4.21. The number of carbonyl (C=O) groups is 1. The third kappa shape index (κ3) is 6.75. The van der Waals surface area contributed by atoms with Crippen molar-refractivity contribution >= 4 is 33.4 Å². The fourth-order valence-corrected chi connectivity index (χ4v) is 6.44. The van der Waals surface area contributed by atoms with Crippen molar-refractivity contribution in [2.24, 2.45) is 0 Å². The van der Waals surface area contributed by atoms with E-state index in [0.717, 1.165) is 27.7 Å². The van der Waals surface area contributed by atoms with E-state index in [0.29, 0.717) is 17.8 Å². The first-order valence-electron chi connectivity index (χ1n) is 11.3. The number of nitrogens with zero attached hydrogens (tertiary/aromatic N) is 1. The van der Waals surface area contributed by atoms with Crippen molar-refractivity contribution in [3.8, 4) is 0 Å². The zero-order valence-electron chi connectivity index (χ0n) is 19.3. The van der Waals surface area contributed by atoms with Crippen molar-refractivity contribution in [1.29, 1.82) is 0 Å². The van der Waals surface area contributed by atoms with Crippen LogP contribution >= 0.6 is 11.8 Å². The lowest BCUT2D eigenvalue weighted by atomic mass is 10.0. The molecule has 1 N–H and O–H groups in total. The molecular weight excluding hydrogens is 440 g/mol. The van der Waals surface area contributed by atoms with Gasteiger partial charge in [0.25, 0.3) is 5.91 Å². The molecule has 174 valence electrons. The summed E-state index contributed by atoms with van der Waals surface area (Å²) in [5.41, 5.74) is 3.97. The summed E-state index contributed by atoms with van der Waals surface area (Å²) in [4.78, 5) is 12.5. The topological polar surface area (TPSA) is 66.5 Å². The van der Waals surface area contributed by atoms with Crippen LogP contribution in [0.4, 0.5) is 5.69 Å². The van der Waals surface area contributed by atoms with Gasteiger partial charge in [-0.1, -0.05) is 49.6 Å². The Bertz CT molecular complexity index is 994. The molecule has 0 aliphatic heterocycles. The first kappa shape index (κ1) is 24.6. The fraction of sp³-hybridized carbons (Fsp3) is 0.480. The molecule has 1 fully saturated rings. The lowest BCUT2D eigenvalue weighted by Crippen LogP contribution is -2.30. The summed E-state index contributed by atoms with van der Waals surface area (Å²) in [6.07, 6.45) is 7.84. The second kappa shape index (κ2) is 11.2. The van der Waals surface area contributed by atoms with Gasteiger partial charge in [-0.25, -0.2) is 8.42 Å². The van der Waals surface area contributed by atoms with E-state index < -0.39 is 10.0 Å². The van der Waals surface area contributed by atoms with E-state index in [4.69, 9.17) is 0 Å². The summed E-state index contributed by atoms with van der Waals surface area (Å²) in [5.74, 6) is 0.851. The third-order valence-corrected chi connectivity index (χ3v) is 8.42. The number of rotatable bonds is 9. The van der Waals surface area contributed by atoms with Crippen LogP contribution in [-0.2, 0) is 16.6 Å². The van der Waals surface area contributed by atoms with E-state index in [1.165, 1.54) is 42.7 Å². The average molecular weight is 475 g/mol. The Morgan fingerprint density at radius 1 is 1.03 bits per heavy atom. The number of anilines is 1. The highest BCUT2D eigenvalue weighted by Gasteiger charge is 2.21. The molecule has 0 bridgehead atoms. The molecule has 1 amide bonds. The molecule has 1 saturated carbocycles. The van der Waals surface area contributed by atoms with Gasteiger partial charge < -0.3 is 5.32 Å². The predicted octanol–water partition coefficient (Wildman–Crippen LogP) is 5.07. The van der Waals surface area contributed by atoms with Crippen molar-refractivity contribution < 1.29 is 13.2 Å². The van der Waals surface area contributed by atoms with Gasteiger partial charge in [-0.05, 0) is 55.5 Å². The van der Waals surface area contributed by atoms with Gasteiger partial charge in [-0.3, -0.25) is 9.10 Å². The summed E-state index contributed by atoms with van der Waals surface area (Å²) < 4.78 is 26.5. The first-order chi connectivity index (χ1) is 15.3. The van der Waals surface area contributed by atoms with E-state index >= 15 is 0 Å². The van der Waals surface area contributed by atoms with E-state index in [9.17, 15) is 13.2 Å². The van der Waals surface area contributed by atoms with Gasteiger partial charge in [-0.15, -0.1) is 0 Å². The summed E-state index contributed by atoms with van der Waals surface area (Å²) in [5, 5.41) is 3.74. The van der Waals surface area contributed by atoms with E-state index in [2.05, 4.69) is 5.32 Å². The van der Waals surface area contributed by atoms with E-state index in [1.807, 2.05) is 55.9 Å². The molecule has 0 aromatic heterocycles. The van der Waals surface area contributed by atoms with Crippen molar-refractivity contribution in [2.45, 2.75) is 57.7 Å². The van der Waals surface area contributed by atoms with Crippen molar-refractivity contribution in [3.05, 3.63) is 64.7 Å². The number of hydrogen-bond donors (Lipinski definition) is 1. The minimum absolute atomic E-state index is 0.0875. The summed E-state index contributed by atoms with van der Waals surface area (Å²) >= 11 is 1.97. The van der Waals surface area contributed by atoms with Gasteiger partial charge >= 0.3 is 0 Å². The molecule has 1 aliphatic rings. The van der Waals surface area contributed by atoms with Crippen LogP contribution in [0.2, 0.25) is 0 Å². The van der Waals surface area contributed by atoms with Crippen molar-refractivity contribution in [3.63, 3.8) is 0 Å². The maximum Gasteiger partial charge on any atom is 0.251 e. The van der Waals surface area contributed by atoms with Gasteiger partial charge in [0.15, 0.2) is 0 Å². The van der Waals surface area contributed by atoms with Crippen LogP contribution in [-0.4, -0.2) is 38.1 Å². The quantitative estimate of drug-likeness (QED) is 0.516. The lowest BCUT2D eigenvalue weighted by molar-refractivity contribution is 0.0956. The maximum atomic E-state index is 12.5. The largest absolute Gasteiger partial charge is 0.351 e. The van der Waals surface area contributed by atoms with Crippen LogP contribution in [0.1, 0.15) is 59.2 Å². The molecular formula is C25H34N2O3S2. The lowest BCUT2D eigenvalue weighted by Gasteiger charge is -2.26. The predicted molar refractivity (Wildman–Crippen MR) is 135 cm³/mol. The second-order valence-electron chi connectivity index (χ2n) is 8.59. The molecule has 7 heteroatoms. The molecule has 1 aliphatic carbocycles. The van der Waals surface area contributed by atoms with Crippen LogP contribution in [0.3, 0.4) is 0 Å². The Labute approximate surface area is 197 Å². The van der Waals surface area contributed by atoms with Crippen LogP contribution in [0.25, 0.3) is 0 Å². The minimum atomic E-state index is -3.46. The number of thioether (sulfide) groups is 1. The molecule has 5 nitrogen and oxygen atoms in total. The molecule has 0 radical (unpaired) electrons. The van der Waals surface area contributed by atoms with E-state index in [1.54, 1.807) is 12.1 Å². The van der Waals surface area contributed by atoms with Gasteiger partial charge in [0.1, 0.15) is 0 Å². The number of para-hydroxylation sites is 1. The molecule has 0 saturated heterocycles. The minimum Gasteiger partial charge on any atom is -0.351 e. The number of carbonyl (C=O) groups excluding carboxylic acids is 1. The zero-order valence-corrected chi connectivity index (χ0v) is 20.9. The van der Waals surface area contributed by atoms with Crippen LogP contribution in [0.15, 0.2) is 42.5 Å². The summed E-state index contributed by atoms with van der Waals surface area (Å²) in [6, 6.07) is 13.0. The Kier molecular flexibility index (Phi) is 8.65. The Balaban J connectivity index is 1.59. The maximum absolute atomic E-state index is 12.5. The number of benzene rings is 2. The smallest absolute Gasteiger partial charge is 0.251 e. The molecule has 2 aromatic carbocycles. The Morgan fingerprint density at radius 2 is 1.66 bits per heavy atom. The standard InChI is InChI=1S/C25H34N2O3S2/c1-19-8-7-9-20(2)24(19)27(32(3,29)30)18-21-12-14-22(15-13-21)25(28)26-16-17-31-23-10-5-4-6-11-23/h7-9,12-15,23H,4-6,10-11,16-18H2,1-3H3,(H,26,28). The normalized spacial score (nSPS) is 14.8. The highest BCUT2D eigenvalue weighted by atomic mass is 32.2. The number of aryl methyl sites for hydroxylation is 2. The van der Waals surface area contributed by atoms with Gasteiger partial charge in [0.2, 0.25) is 10.0 Å². The number of hydrogen-bond acceptors (Lipinski definition) is 4. The zero-order chi connectivity index (χ0) is 23.1.